The summed E-state index contributed by atoms with van der Waals surface area (Å²) >= 11 is 1.37. The molecule has 1 aromatic heterocycles. The molecule has 1 aliphatic rings. The third-order valence-corrected chi connectivity index (χ3v) is 5.31. The van der Waals surface area contributed by atoms with Crippen LogP contribution in [0.25, 0.3) is 0 Å². The predicted octanol–water partition coefficient (Wildman–Crippen LogP) is 2.75. The minimum absolute atomic E-state index is 0.129. The maximum atomic E-state index is 12.6. The number of carbonyl (C=O) groups is 2. The lowest BCUT2D eigenvalue weighted by Gasteiger charge is -2.20. The van der Waals surface area contributed by atoms with Gasteiger partial charge in [0.1, 0.15) is 16.5 Å². The highest BCUT2D eigenvalue weighted by molar-refractivity contribution is 7.15. The molecule has 8 nitrogen and oxygen atoms in total. The minimum atomic E-state index is -0.471. The van der Waals surface area contributed by atoms with Gasteiger partial charge in [0.2, 0.25) is 16.9 Å². The molecule has 3 rings (SSSR count). The third kappa shape index (κ3) is 4.41. The van der Waals surface area contributed by atoms with Gasteiger partial charge < -0.3 is 19.7 Å². The number of amides is 2. The van der Waals surface area contributed by atoms with Gasteiger partial charge in [-0.15, -0.1) is 10.2 Å². The smallest absolute Gasteiger partial charge is 0.231 e. The Balaban J connectivity index is 1.70. The van der Waals surface area contributed by atoms with Crippen LogP contribution in [0.5, 0.6) is 11.5 Å². The van der Waals surface area contributed by atoms with Gasteiger partial charge in [-0.3, -0.25) is 9.59 Å². The molecule has 2 aromatic rings. The van der Waals surface area contributed by atoms with Crippen molar-refractivity contribution < 1.29 is 19.1 Å². The molecule has 9 heteroatoms. The number of ether oxygens (including phenoxy) is 2. The first-order valence-electron chi connectivity index (χ1n) is 9.07. The van der Waals surface area contributed by atoms with E-state index >= 15 is 0 Å². The summed E-state index contributed by atoms with van der Waals surface area (Å²) in [7, 11) is 3.10. The zero-order valence-electron chi connectivity index (χ0n) is 16.4. The van der Waals surface area contributed by atoms with Gasteiger partial charge in [-0.05, 0) is 18.1 Å². The molecular weight excluding hydrogens is 380 g/mol. The average molecular weight is 404 g/mol. The second-order valence-electron chi connectivity index (χ2n) is 7.03. The van der Waals surface area contributed by atoms with Gasteiger partial charge in [0.25, 0.3) is 0 Å². The molecule has 1 saturated heterocycles. The van der Waals surface area contributed by atoms with E-state index in [2.05, 4.69) is 29.4 Å². The van der Waals surface area contributed by atoms with Gasteiger partial charge in [-0.25, -0.2) is 0 Å². The monoisotopic (exact) mass is 404 g/mol. The molecule has 1 aromatic carbocycles. The molecule has 1 N–H and O–H groups in total. The number of rotatable bonds is 7. The van der Waals surface area contributed by atoms with E-state index in [0.717, 1.165) is 11.4 Å². The Kier molecular flexibility index (Phi) is 6.13. The van der Waals surface area contributed by atoms with Crippen molar-refractivity contribution in [2.45, 2.75) is 26.7 Å². The Bertz CT molecular complexity index is 867. The Morgan fingerprint density at radius 1 is 1.32 bits per heavy atom. The number of benzene rings is 1. The molecule has 150 valence electrons. The Morgan fingerprint density at radius 3 is 2.79 bits per heavy atom. The summed E-state index contributed by atoms with van der Waals surface area (Å²) in [5.41, 5.74) is 0.595. The van der Waals surface area contributed by atoms with Crippen molar-refractivity contribution in [2.24, 2.45) is 11.8 Å². The van der Waals surface area contributed by atoms with E-state index in [4.69, 9.17) is 9.47 Å². The van der Waals surface area contributed by atoms with Crippen LogP contribution in [0.1, 0.15) is 25.3 Å². The van der Waals surface area contributed by atoms with E-state index in [1.165, 1.54) is 11.3 Å². The van der Waals surface area contributed by atoms with Gasteiger partial charge >= 0.3 is 0 Å². The molecule has 1 atom stereocenters. The van der Waals surface area contributed by atoms with Crippen molar-refractivity contribution in [2.75, 3.05) is 31.0 Å². The Hall–Kier alpha value is -2.68. The van der Waals surface area contributed by atoms with Gasteiger partial charge in [-0.2, -0.15) is 0 Å². The van der Waals surface area contributed by atoms with Gasteiger partial charge in [-0.1, -0.05) is 25.2 Å². The van der Waals surface area contributed by atoms with Crippen LogP contribution in [0.2, 0.25) is 0 Å². The zero-order valence-corrected chi connectivity index (χ0v) is 17.2. The Morgan fingerprint density at radius 2 is 2.11 bits per heavy atom. The lowest BCUT2D eigenvalue weighted by molar-refractivity contribution is -0.122. The summed E-state index contributed by atoms with van der Waals surface area (Å²) < 4.78 is 10.6. The fraction of sp³-hybridized carbons (Fsp3) is 0.474. The molecule has 2 heterocycles. The van der Waals surface area contributed by atoms with E-state index in [0.29, 0.717) is 28.2 Å². The fourth-order valence-corrected chi connectivity index (χ4v) is 4.02. The van der Waals surface area contributed by atoms with Crippen LogP contribution in [0.15, 0.2) is 18.2 Å². The SMILES string of the molecule is COc1ccc(OC)c(N2CC(C(=O)Nc3nnc(CC(C)C)s3)CC2=O)c1. The van der Waals surface area contributed by atoms with Crippen molar-refractivity contribution in [1.82, 2.24) is 10.2 Å². The maximum Gasteiger partial charge on any atom is 0.231 e. The van der Waals surface area contributed by atoms with Crippen LogP contribution in [0.4, 0.5) is 10.8 Å². The van der Waals surface area contributed by atoms with Crippen molar-refractivity contribution >= 4 is 34.0 Å². The number of carbonyl (C=O) groups excluding carboxylic acids is 2. The van der Waals surface area contributed by atoms with E-state index in [1.54, 1.807) is 37.3 Å². The zero-order chi connectivity index (χ0) is 20.3. The fourth-order valence-electron chi connectivity index (χ4n) is 3.07. The summed E-state index contributed by atoms with van der Waals surface area (Å²) in [6.45, 7) is 4.47. The number of nitrogens with zero attached hydrogens (tertiary/aromatic N) is 3. The molecule has 28 heavy (non-hydrogen) atoms. The van der Waals surface area contributed by atoms with Crippen LogP contribution in [0.3, 0.4) is 0 Å². The molecule has 0 spiro atoms. The topological polar surface area (TPSA) is 93.7 Å². The number of anilines is 2. The first kappa shape index (κ1) is 20.1. The molecule has 0 aliphatic carbocycles. The van der Waals surface area contributed by atoms with Crippen molar-refractivity contribution in [3.05, 3.63) is 23.2 Å². The number of hydrogen-bond acceptors (Lipinski definition) is 7. The summed E-state index contributed by atoms with van der Waals surface area (Å²) in [6, 6.07) is 5.24. The van der Waals surface area contributed by atoms with Crippen LogP contribution in [-0.2, 0) is 16.0 Å². The molecular formula is C19H24N4O4S. The quantitative estimate of drug-likeness (QED) is 0.763. The number of nitrogens with one attached hydrogen (secondary N) is 1. The summed E-state index contributed by atoms with van der Waals surface area (Å²) in [6.07, 6.45) is 0.947. The molecule has 1 fully saturated rings. The standard InChI is InChI=1S/C19H24N4O4S/c1-11(2)7-16-21-22-19(28-16)20-18(25)12-8-17(24)23(10-12)14-9-13(26-3)5-6-15(14)27-4/h5-6,9,11-12H,7-8,10H2,1-4H3,(H,20,22,25). The highest BCUT2D eigenvalue weighted by Gasteiger charge is 2.36. The largest absolute Gasteiger partial charge is 0.497 e. The second-order valence-corrected chi connectivity index (χ2v) is 8.09. The number of hydrogen-bond donors (Lipinski definition) is 1. The summed E-state index contributed by atoms with van der Waals surface area (Å²) in [5, 5.41) is 12.3. The summed E-state index contributed by atoms with van der Waals surface area (Å²) in [4.78, 5) is 26.8. The van der Waals surface area contributed by atoms with Crippen LogP contribution >= 0.6 is 11.3 Å². The van der Waals surface area contributed by atoms with Crippen molar-refractivity contribution in [3.8, 4) is 11.5 Å². The maximum absolute atomic E-state index is 12.6. The number of methoxy groups -OCH3 is 2. The predicted molar refractivity (Wildman–Crippen MR) is 107 cm³/mol. The van der Waals surface area contributed by atoms with E-state index in [-0.39, 0.29) is 24.8 Å². The van der Waals surface area contributed by atoms with E-state index < -0.39 is 5.92 Å². The lowest BCUT2D eigenvalue weighted by atomic mass is 10.1. The normalized spacial score (nSPS) is 16.5. The van der Waals surface area contributed by atoms with Gasteiger partial charge in [0, 0.05) is 25.5 Å². The van der Waals surface area contributed by atoms with Crippen molar-refractivity contribution in [3.63, 3.8) is 0 Å². The first-order valence-corrected chi connectivity index (χ1v) is 9.88. The van der Waals surface area contributed by atoms with Crippen LogP contribution in [-0.4, -0.2) is 42.8 Å². The highest BCUT2D eigenvalue weighted by Crippen LogP contribution is 2.36. The number of aromatic nitrogens is 2. The van der Waals surface area contributed by atoms with E-state index in [1.807, 2.05) is 0 Å². The van der Waals surface area contributed by atoms with Crippen LogP contribution in [0, 0.1) is 11.8 Å². The first-order chi connectivity index (χ1) is 13.4. The second kappa shape index (κ2) is 8.55. The lowest BCUT2D eigenvalue weighted by Crippen LogP contribution is -2.28. The third-order valence-electron chi connectivity index (χ3n) is 4.45. The highest BCUT2D eigenvalue weighted by atomic mass is 32.1. The van der Waals surface area contributed by atoms with Gasteiger partial charge in [0.05, 0.1) is 25.8 Å². The summed E-state index contributed by atoms with van der Waals surface area (Å²) in [5.74, 6) is 0.798. The molecule has 1 aliphatic heterocycles. The Labute approximate surface area is 167 Å². The van der Waals surface area contributed by atoms with E-state index in [9.17, 15) is 9.59 Å². The molecule has 1 unspecified atom stereocenters. The minimum Gasteiger partial charge on any atom is -0.497 e. The molecule has 2 amide bonds. The average Bonchev–Trinajstić information content (AvgIpc) is 3.26. The van der Waals surface area contributed by atoms with Crippen LogP contribution < -0.4 is 19.7 Å². The van der Waals surface area contributed by atoms with Crippen molar-refractivity contribution in [1.29, 1.82) is 0 Å². The molecule has 0 bridgehead atoms. The van der Waals surface area contributed by atoms with Gasteiger partial charge in [0.15, 0.2) is 0 Å². The molecule has 0 saturated carbocycles. The molecule has 0 radical (unpaired) electrons.